The summed E-state index contributed by atoms with van der Waals surface area (Å²) >= 11 is 0. The Balaban J connectivity index is 2.04. The number of ether oxygens (including phenoxy) is 1. The molecule has 1 unspecified atom stereocenters. The molecule has 2 rings (SSSR count). The Kier molecular flexibility index (Phi) is 6.45. The Morgan fingerprint density at radius 3 is 2.20 bits per heavy atom. The molecule has 2 fully saturated rings. The fourth-order valence-corrected chi connectivity index (χ4v) is 4.46. The smallest absolute Gasteiger partial charge is 0.410 e. The summed E-state index contributed by atoms with van der Waals surface area (Å²) in [6, 6.07) is 0. The Bertz CT molecular complexity index is 445. The van der Waals surface area contributed by atoms with E-state index in [9.17, 15) is 4.79 Å². The lowest BCUT2D eigenvalue weighted by atomic mass is 9.77. The van der Waals surface area contributed by atoms with Gasteiger partial charge in [-0.2, -0.15) is 0 Å². The summed E-state index contributed by atoms with van der Waals surface area (Å²) in [4.78, 5) is 17.2. The van der Waals surface area contributed by atoms with Crippen LogP contribution in [-0.4, -0.2) is 53.2 Å². The number of piperidine rings is 1. The van der Waals surface area contributed by atoms with Crippen LogP contribution >= 0.6 is 0 Å². The summed E-state index contributed by atoms with van der Waals surface area (Å²) < 4.78 is 5.61. The molecule has 2 aliphatic rings. The number of hydrogen-bond donors (Lipinski definition) is 0. The van der Waals surface area contributed by atoms with Crippen molar-refractivity contribution in [2.75, 3.05) is 26.2 Å². The SMILES string of the molecule is CCCC1(N2CCC(C)(C)CC2)CCCN(C(=O)OC(C)(C)C)CC1. The second kappa shape index (κ2) is 7.85. The molecule has 146 valence electrons. The molecule has 0 aromatic carbocycles. The van der Waals surface area contributed by atoms with Crippen molar-refractivity contribution in [3.8, 4) is 0 Å². The molecule has 2 heterocycles. The second-order valence-corrected chi connectivity index (χ2v) is 9.95. The lowest BCUT2D eigenvalue weighted by molar-refractivity contribution is 0.00799. The van der Waals surface area contributed by atoms with Crippen LogP contribution in [0.15, 0.2) is 0 Å². The highest BCUT2D eigenvalue weighted by Crippen LogP contribution is 2.39. The Morgan fingerprint density at radius 1 is 1.00 bits per heavy atom. The van der Waals surface area contributed by atoms with Gasteiger partial charge in [0.2, 0.25) is 0 Å². The van der Waals surface area contributed by atoms with Crippen molar-refractivity contribution in [2.45, 2.75) is 97.6 Å². The minimum Gasteiger partial charge on any atom is -0.444 e. The number of hydrogen-bond acceptors (Lipinski definition) is 3. The number of likely N-dealkylation sites (tertiary alicyclic amines) is 2. The van der Waals surface area contributed by atoms with Crippen LogP contribution in [0.3, 0.4) is 0 Å². The maximum Gasteiger partial charge on any atom is 0.410 e. The Hall–Kier alpha value is -0.770. The molecule has 2 saturated heterocycles. The van der Waals surface area contributed by atoms with E-state index in [0.29, 0.717) is 5.41 Å². The molecule has 0 aromatic heterocycles. The fraction of sp³-hybridized carbons (Fsp3) is 0.952. The van der Waals surface area contributed by atoms with Crippen LogP contribution in [0.2, 0.25) is 0 Å². The van der Waals surface area contributed by atoms with Gasteiger partial charge in [-0.1, -0.05) is 27.2 Å². The van der Waals surface area contributed by atoms with E-state index in [1.54, 1.807) is 0 Å². The molecular formula is C21H40N2O2. The molecule has 4 heteroatoms. The zero-order valence-electron chi connectivity index (χ0n) is 17.5. The predicted molar refractivity (Wildman–Crippen MR) is 104 cm³/mol. The maximum atomic E-state index is 12.5. The second-order valence-electron chi connectivity index (χ2n) is 9.95. The molecule has 0 bridgehead atoms. The third-order valence-corrected chi connectivity index (χ3v) is 6.07. The van der Waals surface area contributed by atoms with E-state index in [0.717, 1.165) is 25.9 Å². The van der Waals surface area contributed by atoms with Crippen molar-refractivity contribution in [3.05, 3.63) is 0 Å². The maximum absolute atomic E-state index is 12.5. The van der Waals surface area contributed by atoms with Crippen molar-refractivity contribution in [2.24, 2.45) is 5.41 Å². The van der Waals surface area contributed by atoms with Gasteiger partial charge in [0.25, 0.3) is 0 Å². The van der Waals surface area contributed by atoms with E-state index in [1.165, 1.54) is 45.2 Å². The van der Waals surface area contributed by atoms with Gasteiger partial charge >= 0.3 is 6.09 Å². The van der Waals surface area contributed by atoms with Crippen LogP contribution in [0.5, 0.6) is 0 Å². The first kappa shape index (κ1) is 20.5. The van der Waals surface area contributed by atoms with E-state index < -0.39 is 5.60 Å². The summed E-state index contributed by atoms with van der Waals surface area (Å²) in [6.07, 6.45) is 8.27. The fourth-order valence-electron chi connectivity index (χ4n) is 4.46. The van der Waals surface area contributed by atoms with Crippen molar-refractivity contribution in [1.82, 2.24) is 9.80 Å². The van der Waals surface area contributed by atoms with Gasteiger partial charge in [0.1, 0.15) is 5.60 Å². The number of rotatable bonds is 3. The number of carbonyl (C=O) groups is 1. The van der Waals surface area contributed by atoms with Gasteiger partial charge < -0.3 is 9.64 Å². The number of nitrogens with zero attached hydrogens (tertiary/aromatic N) is 2. The zero-order chi connectivity index (χ0) is 18.7. The minimum atomic E-state index is -0.414. The van der Waals surface area contributed by atoms with Gasteiger partial charge in [-0.15, -0.1) is 0 Å². The first-order valence-corrected chi connectivity index (χ1v) is 10.3. The van der Waals surface area contributed by atoms with Crippen molar-refractivity contribution < 1.29 is 9.53 Å². The average Bonchev–Trinajstić information content (AvgIpc) is 2.69. The highest BCUT2D eigenvalue weighted by atomic mass is 16.6. The summed E-state index contributed by atoms with van der Waals surface area (Å²) in [5.74, 6) is 0. The van der Waals surface area contributed by atoms with E-state index >= 15 is 0 Å². The normalized spacial score (nSPS) is 28.5. The average molecular weight is 353 g/mol. The third kappa shape index (κ3) is 5.60. The quantitative estimate of drug-likeness (QED) is 0.711. The van der Waals surface area contributed by atoms with E-state index in [4.69, 9.17) is 4.74 Å². The molecule has 0 aliphatic carbocycles. The highest BCUT2D eigenvalue weighted by Gasteiger charge is 2.41. The van der Waals surface area contributed by atoms with Crippen LogP contribution < -0.4 is 0 Å². The van der Waals surface area contributed by atoms with Gasteiger partial charge in [-0.3, -0.25) is 4.90 Å². The molecule has 0 radical (unpaired) electrons. The molecule has 0 spiro atoms. The Morgan fingerprint density at radius 2 is 1.64 bits per heavy atom. The highest BCUT2D eigenvalue weighted by molar-refractivity contribution is 5.68. The standard InChI is InChI=1S/C21H40N2O2/c1-7-9-21(23-16-11-20(5,6)12-17-23)10-8-14-22(15-13-21)18(24)25-19(2,3)4/h7-17H2,1-6H3. The lowest BCUT2D eigenvalue weighted by Gasteiger charge is -2.49. The summed E-state index contributed by atoms with van der Waals surface area (Å²) in [6.45, 7) is 17.0. The van der Waals surface area contributed by atoms with E-state index in [-0.39, 0.29) is 11.6 Å². The summed E-state index contributed by atoms with van der Waals surface area (Å²) in [7, 11) is 0. The largest absolute Gasteiger partial charge is 0.444 e. The van der Waals surface area contributed by atoms with Crippen molar-refractivity contribution in [1.29, 1.82) is 0 Å². The van der Waals surface area contributed by atoms with Gasteiger partial charge in [0.05, 0.1) is 0 Å². The van der Waals surface area contributed by atoms with Crippen molar-refractivity contribution in [3.63, 3.8) is 0 Å². The topological polar surface area (TPSA) is 32.8 Å². The molecular weight excluding hydrogens is 312 g/mol. The van der Waals surface area contributed by atoms with E-state index in [2.05, 4.69) is 25.7 Å². The Labute approximate surface area is 155 Å². The van der Waals surface area contributed by atoms with Crippen molar-refractivity contribution >= 4 is 6.09 Å². The van der Waals surface area contributed by atoms with Crippen LogP contribution in [-0.2, 0) is 4.74 Å². The zero-order valence-corrected chi connectivity index (χ0v) is 17.5. The molecule has 1 atom stereocenters. The summed E-state index contributed by atoms with van der Waals surface area (Å²) in [5.41, 5.74) is 0.349. The van der Waals surface area contributed by atoms with Crippen LogP contribution in [0.4, 0.5) is 4.79 Å². The number of amides is 1. The molecule has 0 saturated carbocycles. The first-order valence-electron chi connectivity index (χ1n) is 10.3. The number of carbonyl (C=O) groups excluding carboxylic acids is 1. The van der Waals surface area contributed by atoms with Crippen LogP contribution in [0, 0.1) is 5.41 Å². The monoisotopic (exact) mass is 352 g/mol. The minimum absolute atomic E-state index is 0.139. The van der Waals surface area contributed by atoms with Gasteiger partial charge in [0, 0.05) is 18.6 Å². The van der Waals surface area contributed by atoms with Crippen LogP contribution in [0.25, 0.3) is 0 Å². The van der Waals surface area contributed by atoms with Gasteiger partial charge in [0.15, 0.2) is 0 Å². The van der Waals surface area contributed by atoms with Gasteiger partial charge in [-0.05, 0) is 77.8 Å². The molecule has 0 aromatic rings. The van der Waals surface area contributed by atoms with E-state index in [1.807, 2.05) is 25.7 Å². The molecule has 1 amide bonds. The van der Waals surface area contributed by atoms with Gasteiger partial charge in [-0.25, -0.2) is 4.79 Å². The molecule has 0 N–H and O–H groups in total. The van der Waals surface area contributed by atoms with Crippen LogP contribution in [0.1, 0.15) is 86.5 Å². The molecule has 4 nitrogen and oxygen atoms in total. The first-order chi connectivity index (χ1) is 11.6. The third-order valence-electron chi connectivity index (χ3n) is 6.07. The lowest BCUT2D eigenvalue weighted by Crippen LogP contribution is -2.53. The predicted octanol–water partition coefficient (Wildman–Crippen LogP) is 5.07. The molecule has 25 heavy (non-hydrogen) atoms. The molecule has 2 aliphatic heterocycles. The summed E-state index contributed by atoms with van der Waals surface area (Å²) in [5, 5.41) is 0.